The van der Waals surface area contributed by atoms with Crippen LogP contribution in [0, 0.1) is 0 Å². The highest BCUT2D eigenvalue weighted by atomic mass is 16.5. The maximum Gasteiger partial charge on any atom is 0.325 e. The first-order chi connectivity index (χ1) is 14.1. The second-order valence-electron chi connectivity index (χ2n) is 6.19. The summed E-state index contributed by atoms with van der Waals surface area (Å²) >= 11 is 0. The number of hydrogen-bond acceptors (Lipinski definition) is 4. The Morgan fingerprint density at radius 3 is 2.07 bits per heavy atom. The van der Waals surface area contributed by atoms with E-state index >= 15 is 0 Å². The van der Waals surface area contributed by atoms with Crippen LogP contribution in [0.4, 0.5) is 5.69 Å². The number of anilines is 1. The van der Waals surface area contributed by atoms with Crippen LogP contribution in [0.1, 0.15) is 26.3 Å². The van der Waals surface area contributed by atoms with Crippen molar-refractivity contribution in [1.29, 1.82) is 0 Å². The lowest BCUT2D eigenvalue weighted by Crippen LogP contribution is -2.31. The number of para-hydroxylation sites is 1. The van der Waals surface area contributed by atoms with Gasteiger partial charge in [0.2, 0.25) is 0 Å². The Morgan fingerprint density at radius 2 is 1.34 bits per heavy atom. The fraction of sp³-hybridized carbons (Fsp3) is 0.0870. The summed E-state index contributed by atoms with van der Waals surface area (Å²) in [7, 11) is 0. The Kier molecular flexibility index (Phi) is 6.73. The zero-order valence-electron chi connectivity index (χ0n) is 15.6. The summed E-state index contributed by atoms with van der Waals surface area (Å²) in [5, 5.41) is 5.25. The maximum absolute atomic E-state index is 12.5. The number of carbonyl (C=O) groups is 3. The third kappa shape index (κ3) is 5.77. The summed E-state index contributed by atoms with van der Waals surface area (Å²) in [5.74, 6) is -1.35. The minimum absolute atomic E-state index is 0.138. The molecule has 0 aromatic heterocycles. The smallest absolute Gasteiger partial charge is 0.325 e. The summed E-state index contributed by atoms with van der Waals surface area (Å²) in [5.41, 5.74) is 1.96. The number of benzene rings is 3. The van der Waals surface area contributed by atoms with Crippen molar-refractivity contribution in [2.75, 3.05) is 11.9 Å². The molecule has 0 unspecified atom stereocenters. The molecule has 146 valence electrons. The van der Waals surface area contributed by atoms with Crippen LogP contribution in [-0.2, 0) is 16.1 Å². The number of nitrogens with one attached hydrogen (secondary N) is 2. The normalized spacial score (nSPS) is 10.1. The van der Waals surface area contributed by atoms with E-state index in [2.05, 4.69) is 10.6 Å². The molecule has 0 aliphatic rings. The zero-order chi connectivity index (χ0) is 20.5. The van der Waals surface area contributed by atoms with Crippen molar-refractivity contribution in [2.45, 2.75) is 6.61 Å². The molecular formula is C23H20N2O4. The molecule has 2 amide bonds. The molecule has 0 saturated heterocycles. The number of rotatable bonds is 7. The van der Waals surface area contributed by atoms with Crippen molar-refractivity contribution in [3.05, 3.63) is 102 Å². The topological polar surface area (TPSA) is 84.5 Å². The molecule has 0 radical (unpaired) electrons. The number of amides is 2. The molecule has 0 heterocycles. The Labute approximate surface area is 168 Å². The SMILES string of the molecule is O=C(CNC(=O)c1ccccc1NC(=O)c1ccccc1)OCc1ccccc1. The zero-order valence-corrected chi connectivity index (χ0v) is 15.6. The van der Waals surface area contributed by atoms with Gasteiger partial charge in [-0.3, -0.25) is 14.4 Å². The minimum atomic E-state index is -0.548. The molecule has 0 spiro atoms. The Hall–Kier alpha value is -3.93. The molecule has 29 heavy (non-hydrogen) atoms. The molecule has 6 nitrogen and oxygen atoms in total. The fourth-order valence-electron chi connectivity index (χ4n) is 2.61. The van der Waals surface area contributed by atoms with E-state index in [0.29, 0.717) is 11.3 Å². The van der Waals surface area contributed by atoms with E-state index in [1.54, 1.807) is 48.5 Å². The molecule has 3 aromatic rings. The van der Waals surface area contributed by atoms with Crippen LogP contribution in [-0.4, -0.2) is 24.3 Å². The van der Waals surface area contributed by atoms with Crippen molar-refractivity contribution >= 4 is 23.5 Å². The van der Waals surface area contributed by atoms with Gasteiger partial charge in [0.15, 0.2) is 0 Å². The van der Waals surface area contributed by atoms with Gasteiger partial charge in [-0.2, -0.15) is 0 Å². The molecule has 0 saturated carbocycles. The highest BCUT2D eigenvalue weighted by Gasteiger charge is 2.15. The molecule has 0 aliphatic heterocycles. The first-order valence-corrected chi connectivity index (χ1v) is 9.06. The van der Waals surface area contributed by atoms with Gasteiger partial charge >= 0.3 is 5.97 Å². The van der Waals surface area contributed by atoms with Gasteiger partial charge in [-0.15, -0.1) is 0 Å². The van der Waals surface area contributed by atoms with Crippen LogP contribution in [0.3, 0.4) is 0 Å². The molecule has 0 fully saturated rings. The average Bonchev–Trinajstić information content (AvgIpc) is 2.77. The number of hydrogen-bond donors (Lipinski definition) is 2. The van der Waals surface area contributed by atoms with E-state index < -0.39 is 11.9 Å². The van der Waals surface area contributed by atoms with Gasteiger partial charge in [0.25, 0.3) is 11.8 Å². The number of esters is 1. The van der Waals surface area contributed by atoms with Crippen molar-refractivity contribution in [2.24, 2.45) is 0 Å². The lowest BCUT2D eigenvalue weighted by Gasteiger charge is -2.11. The van der Waals surface area contributed by atoms with E-state index in [-0.39, 0.29) is 24.6 Å². The molecular weight excluding hydrogens is 368 g/mol. The predicted octanol–water partition coefficient (Wildman–Crippen LogP) is 3.41. The molecule has 0 bridgehead atoms. The standard InChI is InChI=1S/C23H20N2O4/c26-21(29-16-17-9-3-1-4-10-17)15-24-23(28)19-13-7-8-14-20(19)25-22(27)18-11-5-2-6-12-18/h1-14H,15-16H2,(H,24,28)(H,25,27). The first-order valence-electron chi connectivity index (χ1n) is 9.06. The molecule has 3 aromatic carbocycles. The van der Waals surface area contributed by atoms with Crippen molar-refractivity contribution < 1.29 is 19.1 Å². The monoisotopic (exact) mass is 388 g/mol. The Balaban J connectivity index is 1.57. The lowest BCUT2D eigenvalue weighted by atomic mass is 10.1. The third-order valence-corrected chi connectivity index (χ3v) is 4.09. The van der Waals surface area contributed by atoms with Gasteiger partial charge in [0.05, 0.1) is 11.3 Å². The highest BCUT2D eigenvalue weighted by Crippen LogP contribution is 2.16. The van der Waals surface area contributed by atoms with Gasteiger partial charge in [-0.1, -0.05) is 60.7 Å². The Morgan fingerprint density at radius 1 is 0.724 bits per heavy atom. The number of carbonyl (C=O) groups excluding carboxylic acids is 3. The van der Waals surface area contributed by atoms with Crippen LogP contribution in [0.2, 0.25) is 0 Å². The van der Waals surface area contributed by atoms with Crippen molar-refractivity contribution in [3.8, 4) is 0 Å². The maximum atomic E-state index is 12.5. The van der Waals surface area contributed by atoms with Gasteiger partial charge < -0.3 is 15.4 Å². The van der Waals surface area contributed by atoms with Gasteiger partial charge in [-0.25, -0.2) is 0 Å². The fourth-order valence-corrected chi connectivity index (χ4v) is 2.61. The Bertz CT molecular complexity index is 988. The molecule has 6 heteroatoms. The molecule has 3 rings (SSSR count). The minimum Gasteiger partial charge on any atom is -0.460 e. The summed E-state index contributed by atoms with van der Waals surface area (Å²) in [6.45, 7) is -0.133. The summed E-state index contributed by atoms with van der Waals surface area (Å²) in [6.07, 6.45) is 0. The van der Waals surface area contributed by atoms with Crippen LogP contribution in [0.5, 0.6) is 0 Å². The van der Waals surface area contributed by atoms with Gasteiger partial charge in [0.1, 0.15) is 13.2 Å². The largest absolute Gasteiger partial charge is 0.460 e. The van der Waals surface area contributed by atoms with Crippen LogP contribution >= 0.6 is 0 Å². The second-order valence-corrected chi connectivity index (χ2v) is 6.19. The summed E-state index contributed by atoms with van der Waals surface area (Å²) < 4.78 is 5.14. The number of ether oxygens (including phenoxy) is 1. The van der Waals surface area contributed by atoms with Crippen LogP contribution < -0.4 is 10.6 Å². The van der Waals surface area contributed by atoms with E-state index in [9.17, 15) is 14.4 Å². The van der Waals surface area contributed by atoms with Gasteiger partial charge in [0, 0.05) is 5.56 Å². The van der Waals surface area contributed by atoms with E-state index in [4.69, 9.17) is 4.74 Å². The van der Waals surface area contributed by atoms with Crippen molar-refractivity contribution in [1.82, 2.24) is 5.32 Å². The van der Waals surface area contributed by atoms with E-state index in [0.717, 1.165) is 5.56 Å². The first kappa shape index (κ1) is 19.8. The van der Waals surface area contributed by atoms with Gasteiger partial charge in [-0.05, 0) is 29.8 Å². The third-order valence-electron chi connectivity index (χ3n) is 4.09. The predicted molar refractivity (Wildman–Crippen MR) is 109 cm³/mol. The average molecular weight is 388 g/mol. The summed E-state index contributed by atoms with van der Waals surface area (Å²) in [6, 6.07) is 24.6. The van der Waals surface area contributed by atoms with E-state index in [1.165, 1.54) is 0 Å². The van der Waals surface area contributed by atoms with Crippen LogP contribution in [0.15, 0.2) is 84.9 Å². The molecule has 2 N–H and O–H groups in total. The van der Waals surface area contributed by atoms with Crippen molar-refractivity contribution in [3.63, 3.8) is 0 Å². The highest BCUT2D eigenvalue weighted by molar-refractivity contribution is 6.09. The molecule has 0 aliphatic carbocycles. The quantitative estimate of drug-likeness (QED) is 0.608. The van der Waals surface area contributed by atoms with E-state index in [1.807, 2.05) is 36.4 Å². The van der Waals surface area contributed by atoms with Crippen LogP contribution in [0.25, 0.3) is 0 Å². The summed E-state index contributed by atoms with van der Waals surface area (Å²) in [4.78, 5) is 36.7. The lowest BCUT2D eigenvalue weighted by molar-refractivity contribution is -0.143. The molecule has 0 atom stereocenters. The second kappa shape index (κ2) is 9.85.